The minimum atomic E-state index is -0.844. The molecule has 0 unspecified atom stereocenters. The fourth-order valence-corrected chi connectivity index (χ4v) is 1.19. The van der Waals surface area contributed by atoms with Gasteiger partial charge in [-0.25, -0.2) is 19.0 Å². The smallest absolute Gasteiger partial charge is 0.331 e. The Balaban J connectivity index is 4.00. The second-order valence-electron chi connectivity index (χ2n) is 2.06. The number of rotatable bonds is 0. The van der Waals surface area contributed by atoms with Crippen molar-refractivity contribution in [1.29, 1.82) is 0 Å². The van der Waals surface area contributed by atoms with E-state index in [1.165, 1.54) is 29.9 Å². The zero-order valence-electron chi connectivity index (χ0n) is 6.02. The van der Waals surface area contributed by atoms with Gasteiger partial charge in [0.1, 0.15) is 0 Å². The van der Waals surface area contributed by atoms with Crippen molar-refractivity contribution in [3.05, 3.63) is 31.5 Å². The third kappa shape index (κ3) is 1.07. The first-order valence-corrected chi connectivity index (χ1v) is 3.79. The molecule has 0 atom stereocenters. The van der Waals surface area contributed by atoms with Crippen molar-refractivity contribution in [3.8, 4) is 0 Å². The van der Waals surface area contributed by atoms with E-state index < -0.39 is 17.1 Å². The summed E-state index contributed by atoms with van der Waals surface area (Å²) in [6.07, 6.45) is 0. The summed E-state index contributed by atoms with van der Waals surface area (Å²) in [5, 5.41) is 0. The van der Waals surface area contributed by atoms with Crippen LogP contribution in [0.2, 0.25) is 0 Å². The first-order valence-electron chi connectivity index (χ1n) is 2.83. The number of hydrogen-bond donors (Lipinski definition) is 1. The molecule has 1 aromatic heterocycles. The fraction of sp³-hybridized carbons (Fsp3) is 0.250. The van der Waals surface area contributed by atoms with Crippen LogP contribution in [0.4, 0.5) is 0 Å². The van der Waals surface area contributed by atoms with E-state index in [4.69, 9.17) is 5.84 Å². The maximum Gasteiger partial charge on any atom is 0.364 e. The molecule has 8 heteroatoms. The maximum atomic E-state index is 11.0. The second-order valence-corrected chi connectivity index (χ2v) is 3.02. The fourth-order valence-electron chi connectivity index (χ4n) is 0.633. The van der Waals surface area contributed by atoms with E-state index in [1.807, 2.05) is 0 Å². The lowest BCUT2D eigenvalue weighted by Gasteiger charge is -2.00. The van der Waals surface area contributed by atoms with Crippen LogP contribution in [0.3, 0.4) is 0 Å². The molecule has 0 bridgehead atoms. The van der Waals surface area contributed by atoms with E-state index in [-0.39, 0.29) is 0 Å². The average Bonchev–Trinajstić information content (AvgIpc) is 2.08. The van der Waals surface area contributed by atoms with Gasteiger partial charge in [-0.15, -0.1) is 0 Å². The van der Waals surface area contributed by atoms with Crippen LogP contribution in [0.1, 0.15) is 0 Å². The van der Waals surface area contributed by atoms with Crippen molar-refractivity contribution in [2.45, 2.75) is 0 Å². The van der Waals surface area contributed by atoms with E-state index >= 15 is 0 Å². The molecule has 0 amide bonds. The summed E-state index contributed by atoms with van der Waals surface area (Å²) >= 11 is 1.47. The lowest BCUT2D eigenvalue weighted by atomic mass is 10.9. The second kappa shape index (κ2) is 2.77. The lowest BCUT2D eigenvalue weighted by Crippen LogP contribution is -2.54. The van der Waals surface area contributed by atoms with E-state index in [0.717, 1.165) is 7.35 Å². The summed E-state index contributed by atoms with van der Waals surface area (Å²) in [6, 6.07) is 0. The third-order valence-electron chi connectivity index (χ3n) is 1.32. The van der Waals surface area contributed by atoms with E-state index in [0.29, 0.717) is 4.68 Å². The molecule has 0 aromatic carbocycles. The van der Waals surface area contributed by atoms with Gasteiger partial charge in [-0.1, -0.05) is 0 Å². The van der Waals surface area contributed by atoms with Crippen molar-refractivity contribution in [3.63, 3.8) is 0 Å². The topological polar surface area (TPSA) is 92.0 Å². The van der Waals surface area contributed by atoms with E-state index in [2.05, 4.69) is 0 Å². The third-order valence-corrected chi connectivity index (χ3v) is 2.15. The van der Waals surface area contributed by atoms with Crippen molar-refractivity contribution >= 4 is 22.9 Å². The number of halogens is 1. The molecule has 0 aliphatic carbocycles. The Morgan fingerprint density at radius 2 is 1.67 bits per heavy atom. The lowest BCUT2D eigenvalue weighted by molar-refractivity contribution is 0.636. The van der Waals surface area contributed by atoms with Crippen LogP contribution in [0.15, 0.2) is 14.4 Å². The Labute approximate surface area is 79.5 Å². The average molecular weight is 284 g/mol. The monoisotopic (exact) mass is 284 g/mol. The molecule has 0 aliphatic heterocycles. The molecule has 1 heterocycles. The van der Waals surface area contributed by atoms with Crippen LogP contribution < -0.4 is 22.9 Å². The summed E-state index contributed by atoms with van der Waals surface area (Å²) in [6.45, 7) is 0. The predicted octanol–water partition coefficient (Wildman–Crippen LogP) is -2.38. The number of nitrogens with two attached hydrogens (primary N) is 1. The number of hydrogen-bond acceptors (Lipinski definition) is 4. The molecule has 0 saturated heterocycles. The van der Waals surface area contributed by atoms with Crippen LogP contribution in [0.5, 0.6) is 0 Å². The minimum absolute atomic E-state index is 0.369. The normalized spacial score (nSPS) is 10.2. The highest BCUT2D eigenvalue weighted by Crippen LogP contribution is 1.73. The maximum absolute atomic E-state index is 11.0. The highest BCUT2D eigenvalue weighted by Gasteiger charge is 2.07. The summed E-state index contributed by atoms with van der Waals surface area (Å²) in [7, 11) is 1.24. The van der Waals surface area contributed by atoms with E-state index in [9.17, 15) is 14.4 Å². The first kappa shape index (κ1) is 9.03. The molecular weight excluding hydrogens is 279 g/mol. The quantitative estimate of drug-likeness (QED) is 0.425. The molecule has 7 nitrogen and oxygen atoms in total. The Morgan fingerprint density at radius 3 is 2.17 bits per heavy atom. The molecular formula is C4H5IN4O3. The SMILES string of the molecule is Cn1c(=O)n(N)c(=O)n(I)c1=O. The molecule has 0 saturated carbocycles. The zero-order chi connectivity index (χ0) is 9.46. The first-order chi connectivity index (χ1) is 5.46. The molecule has 0 spiro atoms. The molecule has 1 rings (SSSR count). The van der Waals surface area contributed by atoms with Crippen LogP contribution >= 0.6 is 22.9 Å². The van der Waals surface area contributed by atoms with Crippen molar-refractivity contribution in [2.75, 3.05) is 5.84 Å². The molecule has 2 N–H and O–H groups in total. The van der Waals surface area contributed by atoms with Gasteiger partial charge < -0.3 is 5.84 Å². The number of nitrogens with zero attached hydrogens (tertiary/aromatic N) is 3. The standard InChI is InChI=1S/C4H5IN4O3/c1-7-2(10)8(5)4(12)9(6)3(7)11/h6H2,1H3. The predicted molar refractivity (Wildman–Crippen MR) is 49.8 cm³/mol. The van der Waals surface area contributed by atoms with Gasteiger partial charge >= 0.3 is 17.1 Å². The highest BCUT2D eigenvalue weighted by molar-refractivity contribution is 14.1. The largest absolute Gasteiger partial charge is 0.364 e. The van der Waals surface area contributed by atoms with Crippen LogP contribution in [0.25, 0.3) is 0 Å². The number of aromatic nitrogens is 3. The summed E-state index contributed by atoms with van der Waals surface area (Å²) in [5.41, 5.74) is -2.38. The van der Waals surface area contributed by atoms with Crippen molar-refractivity contribution < 1.29 is 0 Å². The van der Waals surface area contributed by atoms with Gasteiger partial charge in [0.25, 0.3) is 0 Å². The van der Waals surface area contributed by atoms with Gasteiger partial charge in [0.05, 0.1) is 22.9 Å². The van der Waals surface area contributed by atoms with Gasteiger partial charge in [0.2, 0.25) is 0 Å². The summed E-state index contributed by atoms with van der Waals surface area (Å²) < 4.78 is 1.83. The summed E-state index contributed by atoms with van der Waals surface area (Å²) in [4.78, 5) is 32.9. The molecule has 1 aromatic rings. The van der Waals surface area contributed by atoms with Gasteiger partial charge in [-0.2, -0.15) is 7.46 Å². The zero-order valence-corrected chi connectivity index (χ0v) is 8.18. The highest BCUT2D eigenvalue weighted by atomic mass is 127. The van der Waals surface area contributed by atoms with Gasteiger partial charge in [-0.3, -0.25) is 0 Å². The van der Waals surface area contributed by atoms with Crippen LogP contribution in [-0.4, -0.2) is 12.0 Å². The molecule has 0 aliphatic rings. The Hall–Kier alpha value is -1.06. The Morgan fingerprint density at radius 1 is 1.17 bits per heavy atom. The van der Waals surface area contributed by atoms with E-state index in [1.54, 1.807) is 0 Å². The number of nitrogen functional groups attached to an aromatic ring is 1. The summed E-state index contributed by atoms with van der Waals surface area (Å²) in [5.74, 6) is 5.06. The molecule has 12 heavy (non-hydrogen) atoms. The molecule has 0 radical (unpaired) electrons. The molecule has 0 fully saturated rings. The Kier molecular flexibility index (Phi) is 2.08. The molecule has 66 valence electrons. The van der Waals surface area contributed by atoms with Crippen LogP contribution in [-0.2, 0) is 7.05 Å². The van der Waals surface area contributed by atoms with Gasteiger partial charge in [0.15, 0.2) is 0 Å². The van der Waals surface area contributed by atoms with Crippen molar-refractivity contribution in [1.82, 2.24) is 12.0 Å². The minimum Gasteiger partial charge on any atom is -0.331 e. The van der Waals surface area contributed by atoms with Crippen molar-refractivity contribution in [2.24, 2.45) is 7.05 Å². The Bertz CT molecular complexity index is 379. The van der Waals surface area contributed by atoms with Gasteiger partial charge in [-0.05, 0) is 0 Å². The van der Waals surface area contributed by atoms with Crippen LogP contribution in [0, 0.1) is 0 Å². The van der Waals surface area contributed by atoms with Gasteiger partial charge in [0, 0.05) is 7.05 Å².